The first-order valence-corrected chi connectivity index (χ1v) is 6.61. The Balaban J connectivity index is 2.27. The van der Waals surface area contributed by atoms with Gasteiger partial charge in [0.05, 0.1) is 6.20 Å². The lowest BCUT2D eigenvalue weighted by molar-refractivity contribution is -0.123. The summed E-state index contributed by atoms with van der Waals surface area (Å²) in [7, 11) is 0. The lowest BCUT2D eigenvalue weighted by atomic mass is 10.2. The van der Waals surface area contributed by atoms with Gasteiger partial charge in [-0.2, -0.15) is 0 Å². The minimum atomic E-state index is -1.21. The van der Waals surface area contributed by atoms with Crippen molar-refractivity contribution >= 4 is 17.8 Å². The number of amides is 2. The van der Waals surface area contributed by atoms with Crippen molar-refractivity contribution in [2.75, 3.05) is 6.54 Å². The molecule has 9 heteroatoms. The molecule has 1 aromatic rings. The van der Waals surface area contributed by atoms with E-state index in [1.807, 2.05) is 13.8 Å². The van der Waals surface area contributed by atoms with Crippen LogP contribution in [0.3, 0.4) is 0 Å². The van der Waals surface area contributed by atoms with Crippen LogP contribution in [-0.2, 0) is 16.1 Å². The lowest BCUT2D eigenvalue weighted by Crippen LogP contribution is -2.36. The highest BCUT2D eigenvalue weighted by molar-refractivity contribution is 5.85. The molecule has 0 aromatic carbocycles. The van der Waals surface area contributed by atoms with E-state index in [1.54, 1.807) is 0 Å². The van der Waals surface area contributed by atoms with E-state index >= 15 is 0 Å². The molecule has 3 N–H and O–H groups in total. The summed E-state index contributed by atoms with van der Waals surface area (Å²) in [5.41, 5.74) is -0.226. The third-order valence-corrected chi connectivity index (χ3v) is 2.76. The van der Waals surface area contributed by atoms with Gasteiger partial charge in [-0.1, -0.05) is 12.1 Å². The van der Waals surface area contributed by atoms with Gasteiger partial charge in [0.2, 0.25) is 11.8 Å². The first-order chi connectivity index (χ1) is 9.92. The summed E-state index contributed by atoms with van der Waals surface area (Å²) in [5, 5.41) is 20.9. The maximum Gasteiger partial charge on any atom is 0.358 e. The van der Waals surface area contributed by atoms with Gasteiger partial charge < -0.3 is 15.7 Å². The Morgan fingerprint density at radius 3 is 2.67 bits per heavy atom. The van der Waals surface area contributed by atoms with Crippen LogP contribution in [0.15, 0.2) is 6.20 Å². The van der Waals surface area contributed by atoms with Crippen molar-refractivity contribution < 1.29 is 19.5 Å². The largest absolute Gasteiger partial charge is 0.476 e. The number of carboxylic acid groups (broad SMARTS) is 1. The van der Waals surface area contributed by atoms with Crippen molar-refractivity contribution in [3.63, 3.8) is 0 Å². The van der Waals surface area contributed by atoms with E-state index in [4.69, 9.17) is 5.11 Å². The highest BCUT2D eigenvalue weighted by atomic mass is 16.4. The molecule has 0 aliphatic rings. The number of rotatable bonds is 8. The molecule has 0 saturated heterocycles. The van der Waals surface area contributed by atoms with Crippen molar-refractivity contribution in [1.82, 2.24) is 25.6 Å². The topological polar surface area (TPSA) is 126 Å². The maximum absolute atomic E-state index is 11.6. The maximum atomic E-state index is 11.6. The minimum Gasteiger partial charge on any atom is -0.476 e. The normalized spacial score (nSPS) is 11.7. The van der Waals surface area contributed by atoms with E-state index in [2.05, 4.69) is 20.9 Å². The zero-order valence-electron chi connectivity index (χ0n) is 12.0. The second kappa shape index (κ2) is 7.98. The molecule has 2 amide bonds. The Bertz CT molecular complexity index is 514. The molecule has 0 fully saturated rings. The fraction of sp³-hybridized carbons (Fsp3) is 0.583. The molecule has 1 aromatic heterocycles. The Labute approximate surface area is 121 Å². The molecular formula is C12H19N5O4. The second-order valence-corrected chi connectivity index (χ2v) is 4.58. The van der Waals surface area contributed by atoms with Gasteiger partial charge in [0, 0.05) is 19.0 Å². The number of aromatic nitrogens is 3. The summed E-state index contributed by atoms with van der Waals surface area (Å²) in [6.07, 6.45) is 2.20. The summed E-state index contributed by atoms with van der Waals surface area (Å²) >= 11 is 0. The van der Waals surface area contributed by atoms with E-state index in [1.165, 1.54) is 0 Å². The van der Waals surface area contributed by atoms with Crippen LogP contribution in [0.5, 0.6) is 0 Å². The first kappa shape index (κ1) is 16.6. The van der Waals surface area contributed by atoms with Crippen LogP contribution in [0.1, 0.15) is 37.2 Å². The highest BCUT2D eigenvalue weighted by Crippen LogP contribution is 1.93. The number of nitrogens with one attached hydrogen (secondary N) is 2. The van der Waals surface area contributed by atoms with Crippen molar-refractivity contribution in [3.05, 3.63) is 11.9 Å². The van der Waals surface area contributed by atoms with E-state index < -0.39 is 5.97 Å². The van der Waals surface area contributed by atoms with E-state index in [0.717, 1.165) is 17.3 Å². The van der Waals surface area contributed by atoms with Crippen molar-refractivity contribution in [1.29, 1.82) is 0 Å². The number of hydrogen-bond acceptors (Lipinski definition) is 5. The molecule has 0 spiro atoms. The van der Waals surface area contributed by atoms with Gasteiger partial charge in [0.15, 0.2) is 5.69 Å². The predicted molar refractivity (Wildman–Crippen MR) is 72.5 cm³/mol. The molecule has 1 atom stereocenters. The van der Waals surface area contributed by atoms with Gasteiger partial charge in [-0.15, -0.1) is 5.10 Å². The highest BCUT2D eigenvalue weighted by Gasteiger charge is 2.11. The Morgan fingerprint density at radius 2 is 2.10 bits per heavy atom. The summed E-state index contributed by atoms with van der Waals surface area (Å²) in [6.45, 7) is 3.94. The van der Waals surface area contributed by atoms with E-state index in [-0.39, 0.29) is 43.1 Å². The molecule has 0 radical (unpaired) electrons. The smallest absolute Gasteiger partial charge is 0.358 e. The number of carbonyl (C=O) groups is 3. The Hall–Kier alpha value is -2.45. The van der Waals surface area contributed by atoms with Gasteiger partial charge in [0.25, 0.3) is 0 Å². The monoisotopic (exact) mass is 297 g/mol. The zero-order valence-corrected chi connectivity index (χ0v) is 12.0. The molecule has 1 heterocycles. The Morgan fingerprint density at radius 1 is 1.38 bits per heavy atom. The SMILES string of the molecule is CCC(C)NC(=O)CCNC(=O)Cn1cc(C(=O)O)nn1. The van der Waals surface area contributed by atoms with E-state index in [9.17, 15) is 14.4 Å². The Kier molecular flexibility index (Phi) is 6.31. The fourth-order valence-corrected chi connectivity index (χ4v) is 1.44. The van der Waals surface area contributed by atoms with Crippen LogP contribution in [0.2, 0.25) is 0 Å². The lowest BCUT2D eigenvalue weighted by Gasteiger charge is -2.11. The number of hydrogen-bond donors (Lipinski definition) is 3. The quantitative estimate of drug-likeness (QED) is 0.588. The third kappa shape index (κ3) is 6.02. The molecule has 21 heavy (non-hydrogen) atoms. The van der Waals surface area contributed by atoms with Crippen LogP contribution >= 0.6 is 0 Å². The summed E-state index contributed by atoms with van der Waals surface area (Å²) in [4.78, 5) is 33.6. The molecule has 116 valence electrons. The summed E-state index contributed by atoms with van der Waals surface area (Å²) < 4.78 is 1.12. The second-order valence-electron chi connectivity index (χ2n) is 4.58. The van der Waals surface area contributed by atoms with Crippen LogP contribution in [0.4, 0.5) is 0 Å². The van der Waals surface area contributed by atoms with Gasteiger partial charge in [0.1, 0.15) is 6.54 Å². The zero-order chi connectivity index (χ0) is 15.8. The van der Waals surface area contributed by atoms with Crippen molar-refractivity contribution in [3.8, 4) is 0 Å². The standard InChI is InChI=1S/C12H19N5O4/c1-3-8(2)14-10(18)4-5-13-11(19)7-17-6-9(12(20)21)15-16-17/h6,8H,3-5,7H2,1-2H3,(H,13,19)(H,14,18)(H,20,21). The van der Waals surface area contributed by atoms with Gasteiger partial charge in [-0.05, 0) is 13.3 Å². The average Bonchev–Trinajstić information content (AvgIpc) is 2.87. The number of nitrogens with zero attached hydrogens (tertiary/aromatic N) is 3. The molecular weight excluding hydrogens is 278 g/mol. The minimum absolute atomic E-state index is 0.109. The van der Waals surface area contributed by atoms with Crippen LogP contribution < -0.4 is 10.6 Å². The van der Waals surface area contributed by atoms with Crippen LogP contribution in [0.25, 0.3) is 0 Å². The number of carbonyl (C=O) groups excluding carboxylic acids is 2. The molecule has 1 rings (SSSR count). The average molecular weight is 297 g/mol. The number of aromatic carboxylic acids is 1. The molecule has 0 aliphatic carbocycles. The number of carboxylic acids is 1. The van der Waals surface area contributed by atoms with Gasteiger partial charge >= 0.3 is 5.97 Å². The van der Waals surface area contributed by atoms with Crippen LogP contribution in [-0.4, -0.2) is 50.5 Å². The molecule has 0 bridgehead atoms. The first-order valence-electron chi connectivity index (χ1n) is 6.61. The van der Waals surface area contributed by atoms with Gasteiger partial charge in [-0.3, -0.25) is 9.59 Å². The van der Waals surface area contributed by atoms with Crippen LogP contribution in [0, 0.1) is 0 Å². The van der Waals surface area contributed by atoms with Crippen molar-refractivity contribution in [2.45, 2.75) is 39.3 Å². The summed E-state index contributed by atoms with van der Waals surface area (Å²) in [6, 6.07) is 0.109. The molecule has 0 saturated carbocycles. The third-order valence-electron chi connectivity index (χ3n) is 2.76. The van der Waals surface area contributed by atoms with Crippen molar-refractivity contribution in [2.24, 2.45) is 0 Å². The van der Waals surface area contributed by atoms with Gasteiger partial charge in [-0.25, -0.2) is 9.48 Å². The fourth-order valence-electron chi connectivity index (χ4n) is 1.44. The molecule has 1 unspecified atom stereocenters. The van der Waals surface area contributed by atoms with E-state index in [0.29, 0.717) is 0 Å². The summed E-state index contributed by atoms with van der Waals surface area (Å²) in [5.74, 6) is -1.70. The molecule has 9 nitrogen and oxygen atoms in total. The predicted octanol–water partition coefficient (Wildman–Crippen LogP) is -0.603. The molecule has 0 aliphatic heterocycles.